The third kappa shape index (κ3) is 3.38. The molecule has 0 atom stereocenters. The van der Waals surface area contributed by atoms with Crippen molar-refractivity contribution < 1.29 is 9.90 Å². The van der Waals surface area contributed by atoms with Gasteiger partial charge in [0.2, 0.25) is 0 Å². The van der Waals surface area contributed by atoms with E-state index in [1.807, 2.05) is 35.0 Å². The fraction of sp³-hybridized carbons (Fsp3) is 0.0625. The van der Waals surface area contributed by atoms with E-state index in [0.717, 1.165) is 20.5 Å². The highest BCUT2D eigenvalue weighted by atomic mass is 35.5. The van der Waals surface area contributed by atoms with Crippen molar-refractivity contribution >= 4 is 51.6 Å². The number of carbonyl (C=O) groups is 1. The number of thiazole rings is 1. The lowest BCUT2D eigenvalue weighted by atomic mass is 10.3. The SMILES string of the molecule is O=C(O)c1cc(-c2cccs2)nn1Cc1csc(-c2ccc(Cl)s2)n1. The van der Waals surface area contributed by atoms with Crippen molar-refractivity contribution in [1.82, 2.24) is 14.8 Å². The average Bonchev–Trinajstić information content (AvgIpc) is 3.34. The highest BCUT2D eigenvalue weighted by Crippen LogP contribution is 2.33. The Hall–Kier alpha value is -2.00. The number of carboxylic acids is 1. The summed E-state index contributed by atoms with van der Waals surface area (Å²) >= 11 is 10.5. The minimum atomic E-state index is -1.00. The Labute approximate surface area is 159 Å². The molecule has 4 rings (SSSR count). The number of thiophene rings is 2. The van der Waals surface area contributed by atoms with Gasteiger partial charge in [0, 0.05) is 5.38 Å². The molecule has 25 heavy (non-hydrogen) atoms. The lowest BCUT2D eigenvalue weighted by Gasteiger charge is -2.01. The summed E-state index contributed by atoms with van der Waals surface area (Å²) in [4.78, 5) is 18.1. The quantitative estimate of drug-likeness (QED) is 0.494. The predicted molar refractivity (Wildman–Crippen MR) is 102 cm³/mol. The van der Waals surface area contributed by atoms with Crippen LogP contribution < -0.4 is 0 Å². The van der Waals surface area contributed by atoms with Crippen LogP contribution in [0.25, 0.3) is 20.5 Å². The number of aromatic carboxylic acids is 1. The molecule has 0 bridgehead atoms. The molecule has 0 saturated carbocycles. The fourth-order valence-corrected chi connectivity index (χ4v) is 4.94. The topological polar surface area (TPSA) is 68.0 Å². The zero-order valence-corrected chi connectivity index (χ0v) is 15.8. The van der Waals surface area contributed by atoms with Crippen LogP contribution in [-0.2, 0) is 6.54 Å². The maximum atomic E-state index is 11.5. The molecule has 0 fully saturated rings. The first-order chi connectivity index (χ1) is 12.1. The van der Waals surface area contributed by atoms with Crippen molar-refractivity contribution in [3.05, 3.63) is 56.8 Å². The summed E-state index contributed by atoms with van der Waals surface area (Å²) in [7, 11) is 0. The molecule has 4 aromatic rings. The van der Waals surface area contributed by atoms with Gasteiger partial charge in [-0.25, -0.2) is 9.78 Å². The summed E-state index contributed by atoms with van der Waals surface area (Å²) in [5.41, 5.74) is 1.58. The average molecular weight is 408 g/mol. The van der Waals surface area contributed by atoms with Gasteiger partial charge in [0.05, 0.1) is 26.3 Å². The third-order valence-corrected chi connectivity index (χ3v) is 6.60. The van der Waals surface area contributed by atoms with E-state index in [1.165, 1.54) is 38.7 Å². The molecule has 0 aliphatic carbocycles. The van der Waals surface area contributed by atoms with Crippen molar-refractivity contribution in [3.8, 4) is 20.5 Å². The van der Waals surface area contributed by atoms with E-state index >= 15 is 0 Å². The number of carboxylic acid groups (broad SMARTS) is 1. The van der Waals surface area contributed by atoms with Crippen LogP contribution in [0.5, 0.6) is 0 Å². The predicted octanol–water partition coefficient (Wildman–Crippen LogP) is 5.20. The third-order valence-electron chi connectivity index (χ3n) is 3.42. The Morgan fingerprint density at radius 1 is 1.24 bits per heavy atom. The normalized spacial score (nSPS) is 11.1. The number of halogens is 1. The van der Waals surface area contributed by atoms with Crippen molar-refractivity contribution in [2.24, 2.45) is 0 Å². The van der Waals surface area contributed by atoms with E-state index in [-0.39, 0.29) is 5.69 Å². The van der Waals surface area contributed by atoms with Crippen LogP contribution in [0.2, 0.25) is 4.34 Å². The second kappa shape index (κ2) is 6.72. The van der Waals surface area contributed by atoms with Crippen LogP contribution in [0.1, 0.15) is 16.2 Å². The first kappa shape index (κ1) is 16.5. The van der Waals surface area contributed by atoms with Gasteiger partial charge < -0.3 is 5.11 Å². The Balaban J connectivity index is 1.64. The van der Waals surface area contributed by atoms with Gasteiger partial charge in [-0.3, -0.25) is 4.68 Å². The maximum absolute atomic E-state index is 11.5. The van der Waals surface area contributed by atoms with E-state index in [9.17, 15) is 9.90 Å². The first-order valence-electron chi connectivity index (χ1n) is 7.15. The molecule has 0 aliphatic rings. The molecule has 9 heteroatoms. The standard InChI is InChI=1S/C16H10ClN3O2S3/c17-14-4-3-13(25-14)15-18-9(8-24-15)7-20-11(16(21)22)6-10(19-20)12-2-1-5-23-12/h1-6,8H,7H2,(H,21,22). The van der Waals surface area contributed by atoms with Gasteiger partial charge in [-0.15, -0.1) is 34.0 Å². The Morgan fingerprint density at radius 2 is 2.12 bits per heavy atom. The molecule has 0 aliphatic heterocycles. The molecule has 4 aromatic heterocycles. The zero-order valence-electron chi connectivity index (χ0n) is 12.5. The first-order valence-corrected chi connectivity index (χ1v) is 10.1. The minimum absolute atomic E-state index is 0.150. The number of hydrogen-bond donors (Lipinski definition) is 1. The van der Waals surface area contributed by atoms with Crippen molar-refractivity contribution in [3.63, 3.8) is 0 Å². The molecule has 0 radical (unpaired) electrons. The number of aromatic nitrogens is 3. The number of rotatable bonds is 5. The fourth-order valence-electron chi connectivity index (χ4n) is 2.33. The molecule has 0 unspecified atom stereocenters. The summed E-state index contributed by atoms with van der Waals surface area (Å²) in [5.74, 6) is -1.00. The highest BCUT2D eigenvalue weighted by Gasteiger charge is 2.17. The summed E-state index contributed by atoms with van der Waals surface area (Å²) in [6.07, 6.45) is 0. The van der Waals surface area contributed by atoms with Gasteiger partial charge in [-0.1, -0.05) is 17.7 Å². The van der Waals surface area contributed by atoms with Gasteiger partial charge in [0.15, 0.2) is 0 Å². The van der Waals surface area contributed by atoms with Gasteiger partial charge >= 0.3 is 5.97 Å². The van der Waals surface area contributed by atoms with Crippen molar-refractivity contribution in [2.75, 3.05) is 0 Å². The summed E-state index contributed by atoms with van der Waals surface area (Å²) in [6, 6.07) is 9.20. The summed E-state index contributed by atoms with van der Waals surface area (Å²) in [6.45, 7) is 0.308. The summed E-state index contributed by atoms with van der Waals surface area (Å²) < 4.78 is 2.20. The van der Waals surface area contributed by atoms with Gasteiger partial charge in [-0.05, 0) is 29.6 Å². The molecule has 5 nitrogen and oxygen atoms in total. The monoisotopic (exact) mass is 407 g/mol. The molecular formula is C16H10ClN3O2S3. The molecule has 0 saturated heterocycles. The molecule has 0 amide bonds. The number of hydrogen-bond acceptors (Lipinski definition) is 6. The Kier molecular flexibility index (Phi) is 4.43. The molecule has 0 aromatic carbocycles. The Morgan fingerprint density at radius 3 is 2.80 bits per heavy atom. The summed E-state index contributed by atoms with van der Waals surface area (Å²) in [5, 5.41) is 18.6. The smallest absolute Gasteiger partial charge is 0.354 e. The highest BCUT2D eigenvalue weighted by molar-refractivity contribution is 7.23. The lowest BCUT2D eigenvalue weighted by molar-refractivity contribution is 0.0684. The van der Waals surface area contributed by atoms with Crippen LogP contribution in [-0.4, -0.2) is 25.8 Å². The molecule has 126 valence electrons. The van der Waals surface area contributed by atoms with E-state index in [1.54, 1.807) is 6.07 Å². The van der Waals surface area contributed by atoms with Crippen LogP contribution in [0.15, 0.2) is 41.1 Å². The number of nitrogens with zero attached hydrogens (tertiary/aromatic N) is 3. The van der Waals surface area contributed by atoms with Gasteiger partial charge in [0.25, 0.3) is 0 Å². The van der Waals surface area contributed by atoms with Gasteiger partial charge in [0.1, 0.15) is 16.4 Å². The van der Waals surface area contributed by atoms with E-state index in [0.29, 0.717) is 16.6 Å². The van der Waals surface area contributed by atoms with E-state index in [2.05, 4.69) is 10.1 Å². The van der Waals surface area contributed by atoms with Gasteiger partial charge in [-0.2, -0.15) is 5.10 Å². The zero-order chi connectivity index (χ0) is 17.4. The second-order valence-corrected chi connectivity index (χ2v) is 8.62. The molecule has 0 spiro atoms. The minimum Gasteiger partial charge on any atom is -0.477 e. The Bertz CT molecular complexity index is 1030. The molecule has 1 N–H and O–H groups in total. The van der Waals surface area contributed by atoms with Crippen LogP contribution in [0, 0.1) is 0 Å². The van der Waals surface area contributed by atoms with Crippen LogP contribution in [0.3, 0.4) is 0 Å². The lowest BCUT2D eigenvalue weighted by Crippen LogP contribution is -2.11. The second-order valence-electron chi connectivity index (χ2n) is 5.10. The van der Waals surface area contributed by atoms with Crippen LogP contribution in [0.4, 0.5) is 0 Å². The maximum Gasteiger partial charge on any atom is 0.354 e. The van der Waals surface area contributed by atoms with Crippen LogP contribution >= 0.6 is 45.6 Å². The molecule has 4 heterocycles. The van der Waals surface area contributed by atoms with E-state index < -0.39 is 5.97 Å². The van der Waals surface area contributed by atoms with Crippen molar-refractivity contribution in [1.29, 1.82) is 0 Å². The largest absolute Gasteiger partial charge is 0.477 e. The van der Waals surface area contributed by atoms with Crippen molar-refractivity contribution in [2.45, 2.75) is 6.54 Å². The molecular weight excluding hydrogens is 398 g/mol. The van der Waals surface area contributed by atoms with E-state index in [4.69, 9.17) is 11.6 Å².